The summed E-state index contributed by atoms with van der Waals surface area (Å²) in [4.78, 5) is 0. The maximum absolute atomic E-state index is 12.9. The van der Waals surface area contributed by atoms with E-state index >= 15 is 0 Å². The number of ether oxygens (including phenoxy) is 2. The second-order valence-corrected chi connectivity index (χ2v) is 4.56. The highest BCUT2D eigenvalue weighted by atomic mass is 127. The Morgan fingerprint density at radius 3 is 2.44 bits per heavy atom. The van der Waals surface area contributed by atoms with Gasteiger partial charge in [-0.2, -0.15) is 0 Å². The van der Waals surface area contributed by atoms with Gasteiger partial charge in [-0.25, -0.2) is 4.39 Å². The molecule has 0 saturated carbocycles. The first kappa shape index (κ1) is 13.7. The molecule has 0 bridgehead atoms. The van der Waals surface area contributed by atoms with Crippen molar-refractivity contribution in [2.24, 2.45) is 0 Å². The normalized spacial score (nSPS) is 12.9. The monoisotopic (exact) mass is 339 g/mol. The van der Waals surface area contributed by atoms with Gasteiger partial charge in [0.05, 0.1) is 6.04 Å². The number of methoxy groups -OCH3 is 2. The van der Waals surface area contributed by atoms with Gasteiger partial charge in [-0.1, -0.05) is 0 Å². The van der Waals surface area contributed by atoms with Crippen LogP contribution in [0.5, 0.6) is 0 Å². The van der Waals surface area contributed by atoms with E-state index in [1.165, 1.54) is 12.1 Å². The van der Waals surface area contributed by atoms with E-state index in [2.05, 4.69) is 27.9 Å². The molecule has 1 aromatic rings. The molecule has 0 radical (unpaired) electrons. The lowest BCUT2D eigenvalue weighted by Crippen LogP contribution is -2.34. The molecule has 0 aromatic heterocycles. The van der Waals surface area contributed by atoms with E-state index in [9.17, 15) is 4.39 Å². The fraction of sp³-hybridized carbons (Fsp3) is 0.455. The fourth-order valence-corrected chi connectivity index (χ4v) is 2.06. The van der Waals surface area contributed by atoms with Crippen molar-refractivity contribution >= 4 is 28.3 Å². The lowest BCUT2D eigenvalue weighted by molar-refractivity contribution is -0.109. The minimum absolute atomic E-state index is 0.0195. The molecule has 0 fully saturated rings. The lowest BCUT2D eigenvalue weighted by Gasteiger charge is -2.23. The summed E-state index contributed by atoms with van der Waals surface area (Å²) >= 11 is 2.08. The van der Waals surface area contributed by atoms with Crippen LogP contribution < -0.4 is 5.32 Å². The molecule has 3 nitrogen and oxygen atoms in total. The standard InChI is InChI=1S/C11H15FINO2/c1-7(11(15-2)16-3)14-10-5-4-8(12)6-9(10)13/h4-7,11,14H,1-3H3. The van der Waals surface area contributed by atoms with Crippen molar-refractivity contribution in [3.8, 4) is 0 Å². The maximum Gasteiger partial charge on any atom is 0.176 e. The van der Waals surface area contributed by atoms with Gasteiger partial charge in [-0.15, -0.1) is 0 Å². The van der Waals surface area contributed by atoms with Gasteiger partial charge in [0.25, 0.3) is 0 Å². The Kier molecular flexibility index (Phi) is 5.43. The molecule has 0 aliphatic heterocycles. The van der Waals surface area contributed by atoms with Crippen LogP contribution in [0.15, 0.2) is 18.2 Å². The zero-order valence-corrected chi connectivity index (χ0v) is 11.6. The molecule has 0 spiro atoms. The van der Waals surface area contributed by atoms with E-state index < -0.39 is 0 Å². The number of hydrogen-bond donors (Lipinski definition) is 1. The van der Waals surface area contributed by atoms with E-state index in [-0.39, 0.29) is 18.1 Å². The van der Waals surface area contributed by atoms with Crippen LogP contribution in [0.1, 0.15) is 6.92 Å². The van der Waals surface area contributed by atoms with Crippen molar-refractivity contribution in [2.75, 3.05) is 19.5 Å². The molecule has 0 heterocycles. The zero-order valence-electron chi connectivity index (χ0n) is 9.46. The summed E-state index contributed by atoms with van der Waals surface area (Å²) in [5.74, 6) is -0.238. The summed E-state index contributed by atoms with van der Waals surface area (Å²) in [6, 6.07) is 4.58. The third-order valence-electron chi connectivity index (χ3n) is 2.19. The Bertz CT molecular complexity index is 345. The Balaban J connectivity index is 2.72. The molecule has 1 aromatic carbocycles. The molecule has 5 heteroatoms. The average Bonchev–Trinajstić information content (AvgIpc) is 2.24. The smallest absolute Gasteiger partial charge is 0.176 e. The van der Waals surface area contributed by atoms with E-state index in [0.717, 1.165) is 9.26 Å². The van der Waals surface area contributed by atoms with Crippen LogP contribution in [0.25, 0.3) is 0 Å². The average molecular weight is 339 g/mol. The first-order valence-electron chi connectivity index (χ1n) is 4.85. The summed E-state index contributed by atoms with van der Waals surface area (Å²) in [6.07, 6.45) is -0.333. The fourth-order valence-electron chi connectivity index (χ4n) is 1.42. The van der Waals surface area contributed by atoms with Crippen molar-refractivity contribution in [2.45, 2.75) is 19.3 Å². The van der Waals surface area contributed by atoms with Crippen molar-refractivity contribution in [1.82, 2.24) is 0 Å². The summed E-state index contributed by atoms with van der Waals surface area (Å²) < 4.78 is 24.0. The van der Waals surface area contributed by atoms with E-state index in [0.29, 0.717) is 0 Å². The van der Waals surface area contributed by atoms with Crippen LogP contribution >= 0.6 is 22.6 Å². The van der Waals surface area contributed by atoms with E-state index in [4.69, 9.17) is 9.47 Å². The largest absolute Gasteiger partial charge is 0.377 e. The van der Waals surface area contributed by atoms with Gasteiger partial charge in [0.2, 0.25) is 0 Å². The molecule has 1 unspecified atom stereocenters. The summed E-state index contributed by atoms with van der Waals surface area (Å²) in [5.41, 5.74) is 0.869. The lowest BCUT2D eigenvalue weighted by atomic mass is 10.2. The second kappa shape index (κ2) is 6.36. The summed E-state index contributed by atoms with van der Waals surface area (Å²) in [6.45, 7) is 1.94. The van der Waals surface area contributed by atoms with Crippen LogP contribution in [-0.2, 0) is 9.47 Å². The van der Waals surface area contributed by atoms with Gasteiger partial charge in [-0.05, 0) is 47.7 Å². The van der Waals surface area contributed by atoms with Crippen molar-refractivity contribution in [3.63, 3.8) is 0 Å². The van der Waals surface area contributed by atoms with Crippen molar-refractivity contribution < 1.29 is 13.9 Å². The molecule has 1 rings (SSSR count). The molecular formula is C11H15FINO2. The highest BCUT2D eigenvalue weighted by Crippen LogP contribution is 2.20. The first-order chi connectivity index (χ1) is 7.58. The minimum atomic E-state index is -0.333. The molecular weight excluding hydrogens is 324 g/mol. The van der Waals surface area contributed by atoms with E-state index in [1.807, 2.05) is 6.92 Å². The maximum atomic E-state index is 12.9. The van der Waals surface area contributed by atoms with Gasteiger partial charge in [0.15, 0.2) is 6.29 Å². The van der Waals surface area contributed by atoms with Gasteiger partial charge >= 0.3 is 0 Å². The number of halogens is 2. The van der Waals surface area contributed by atoms with Crippen LogP contribution in [0.3, 0.4) is 0 Å². The zero-order chi connectivity index (χ0) is 12.1. The van der Waals surface area contributed by atoms with Gasteiger partial charge in [0, 0.05) is 23.5 Å². The third-order valence-corrected chi connectivity index (χ3v) is 3.08. The predicted octanol–water partition coefficient (Wildman–Crippen LogP) is 2.85. The van der Waals surface area contributed by atoms with Crippen LogP contribution in [0, 0.1) is 9.39 Å². The Labute approximate surface area is 108 Å². The molecule has 0 amide bonds. The molecule has 1 N–H and O–H groups in total. The van der Waals surface area contributed by atoms with Gasteiger partial charge < -0.3 is 14.8 Å². The number of nitrogens with one attached hydrogen (secondary N) is 1. The molecule has 16 heavy (non-hydrogen) atoms. The van der Waals surface area contributed by atoms with Crippen molar-refractivity contribution in [1.29, 1.82) is 0 Å². The first-order valence-corrected chi connectivity index (χ1v) is 5.93. The molecule has 0 aliphatic carbocycles. The van der Waals surface area contributed by atoms with E-state index in [1.54, 1.807) is 20.3 Å². The van der Waals surface area contributed by atoms with Crippen LogP contribution in [0.4, 0.5) is 10.1 Å². The Morgan fingerprint density at radius 2 is 1.94 bits per heavy atom. The summed E-state index contributed by atoms with van der Waals surface area (Å²) in [7, 11) is 3.17. The number of benzene rings is 1. The Morgan fingerprint density at radius 1 is 1.31 bits per heavy atom. The number of rotatable bonds is 5. The minimum Gasteiger partial charge on any atom is -0.377 e. The van der Waals surface area contributed by atoms with Crippen molar-refractivity contribution in [3.05, 3.63) is 27.6 Å². The summed E-state index contributed by atoms with van der Waals surface area (Å²) in [5, 5.41) is 3.22. The molecule has 0 saturated heterocycles. The SMILES string of the molecule is COC(OC)C(C)Nc1ccc(F)cc1I. The highest BCUT2D eigenvalue weighted by Gasteiger charge is 2.16. The highest BCUT2D eigenvalue weighted by molar-refractivity contribution is 14.1. The predicted molar refractivity (Wildman–Crippen MR) is 70.0 cm³/mol. The van der Waals surface area contributed by atoms with Gasteiger partial charge in [0.1, 0.15) is 5.82 Å². The number of hydrogen-bond acceptors (Lipinski definition) is 3. The molecule has 90 valence electrons. The van der Waals surface area contributed by atoms with Crippen LogP contribution in [-0.4, -0.2) is 26.6 Å². The van der Waals surface area contributed by atoms with Gasteiger partial charge in [-0.3, -0.25) is 0 Å². The topological polar surface area (TPSA) is 30.5 Å². The molecule has 0 aliphatic rings. The van der Waals surface area contributed by atoms with Crippen LogP contribution in [0.2, 0.25) is 0 Å². The third kappa shape index (κ3) is 3.57. The second-order valence-electron chi connectivity index (χ2n) is 3.40. The quantitative estimate of drug-likeness (QED) is 0.661. The molecule has 1 atom stereocenters. The number of anilines is 1. The Hall–Kier alpha value is -0.400.